The van der Waals surface area contributed by atoms with E-state index in [1.165, 1.54) is 19.3 Å². The van der Waals surface area contributed by atoms with Gasteiger partial charge in [-0.25, -0.2) is 4.98 Å². The van der Waals surface area contributed by atoms with Crippen molar-refractivity contribution in [2.75, 3.05) is 6.54 Å². The summed E-state index contributed by atoms with van der Waals surface area (Å²) >= 11 is 0. The maximum atomic E-state index is 5.82. The zero-order chi connectivity index (χ0) is 10.7. The summed E-state index contributed by atoms with van der Waals surface area (Å²) in [5.74, 6) is 6.58. The van der Waals surface area contributed by atoms with E-state index in [9.17, 15) is 0 Å². The molecule has 0 radical (unpaired) electrons. The lowest BCUT2D eigenvalue weighted by Crippen LogP contribution is -2.02. The molecule has 1 aromatic heterocycles. The molecule has 16 heavy (non-hydrogen) atoms. The van der Waals surface area contributed by atoms with Crippen LogP contribution in [0.3, 0.4) is 0 Å². The van der Waals surface area contributed by atoms with Crippen molar-refractivity contribution in [1.82, 2.24) is 4.98 Å². The van der Waals surface area contributed by atoms with Crippen LogP contribution in [0.25, 0.3) is 0 Å². The van der Waals surface area contributed by atoms with E-state index < -0.39 is 0 Å². The van der Waals surface area contributed by atoms with Gasteiger partial charge in [0.2, 0.25) is 0 Å². The molecule has 1 heterocycles. The van der Waals surface area contributed by atoms with Crippen molar-refractivity contribution in [2.24, 2.45) is 29.4 Å². The molecular formula is C13H18N2O. The summed E-state index contributed by atoms with van der Waals surface area (Å²) in [6.45, 7) is 0.628. The second-order valence-corrected chi connectivity index (χ2v) is 5.71. The number of rotatable bonds is 3. The quantitative estimate of drug-likeness (QED) is 0.843. The van der Waals surface area contributed by atoms with Gasteiger partial charge in [-0.05, 0) is 42.9 Å². The van der Waals surface area contributed by atoms with Gasteiger partial charge in [0.1, 0.15) is 5.76 Å². The molecule has 3 fully saturated rings. The molecule has 4 atom stereocenters. The second-order valence-electron chi connectivity index (χ2n) is 5.71. The van der Waals surface area contributed by atoms with Crippen LogP contribution in [-0.4, -0.2) is 11.5 Å². The molecule has 0 aromatic carbocycles. The molecule has 4 rings (SSSR count). The van der Waals surface area contributed by atoms with Crippen molar-refractivity contribution in [3.05, 3.63) is 17.8 Å². The molecule has 3 nitrogen and oxygen atoms in total. The molecule has 1 aromatic rings. The lowest BCUT2D eigenvalue weighted by Gasteiger charge is -2.05. The minimum atomic E-state index is 0.628. The summed E-state index contributed by atoms with van der Waals surface area (Å²) in [6.07, 6.45) is 7.15. The van der Waals surface area contributed by atoms with Crippen LogP contribution in [0.15, 0.2) is 10.6 Å². The highest BCUT2D eigenvalue weighted by Gasteiger charge is 2.66. The Morgan fingerprint density at radius 3 is 2.75 bits per heavy atom. The predicted molar refractivity (Wildman–Crippen MR) is 59.8 cm³/mol. The Balaban J connectivity index is 1.55. The molecular weight excluding hydrogens is 200 g/mol. The lowest BCUT2D eigenvalue weighted by molar-refractivity contribution is 0.417. The number of nitrogens with zero attached hydrogens (tertiary/aromatic N) is 1. The van der Waals surface area contributed by atoms with Crippen molar-refractivity contribution in [1.29, 1.82) is 0 Å². The first kappa shape index (κ1) is 9.23. The van der Waals surface area contributed by atoms with Crippen LogP contribution in [0.5, 0.6) is 0 Å². The van der Waals surface area contributed by atoms with Crippen LogP contribution in [0.2, 0.25) is 0 Å². The molecule has 0 saturated heterocycles. The van der Waals surface area contributed by atoms with Gasteiger partial charge in [0.25, 0.3) is 0 Å². The molecule has 3 heteroatoms. The third-order valence-corrected chi connectivity index (χ3v) is 4.99. The normalized spacial score (nSPS) is 43.7. The Hall–Kier alpha value is -0.830. The minimum Gasteiger partial charge on any atom is -0.445 e. The van der Waals surface area contributed by atoms with Crippen molar-refractivity contribution in [3.63, 3.8) is 0 Å². The number of aromatic nitrogens is 1. The van der Waals surface area contributed by atoms with E-state index in [0.717, 1.165) is 41.7 Å². The van der Waals surface area contributed by atoms with Crippen LogP contribution in [0.1, 0.15) is 36.8 Å². The Morgan fingerprint density at radius 1 is 1.31 bits per heavy atom. The smallest absolute Gasteiger partial charge is 0.195 e. The largest absolute Gasteiger partial charge is 0.445 e. The van der Waals surface area contributed by atoms with E-state index in [1.807, 2.05) is 6.20 Å². The van der Waals surface area contributed by atoms with Gasteiger partial charge in [-0.2, -0.15) is 0 Å². The van der Waals surface area contributed by atoms with Crippen molar-refractivity contribution in [3.8, 4) is 0 Å². The molecule has 2 bridgehead atoms. The van der Waals surface area contributed by atoms with E-state index in [2.05, 4.69) is 4.98 Å². The first-order valence-electron chi connectivity index (χ1n) is 6.53. The first-order chi connectivity index (χ1) is 7.88. The van der Waals surface area contributed by atoms with Crippen molar-refractivity contribution in [2.45, 2.75) is 31.6 Å². The van der Waals surface area contributed by atoms with Crippen LogP contribution >= 0.6 is 0 Å². The van der Waals surface area contributed by atoms with Crippen LogP contribution in [-0.2, 0) is 6.42 Å². The maximum absolute atomic E-state index is 5.82. The Kier molecular flexibility index (Phi) is 1.79. The van der Waals surface area contributed by atoms with Crippen LogP contribution in [0.4, 0.5) is 0 Å². The molecule has 3 aliphatic rings. The highest BCUT2D eigenvalue weighted by Crippen LogP contribution is 2.73. The monoisotopic (exact) mass is 218 g/mol. The molecule has 0 spiro atoms. The lowest BCUT2D eigenvalue weighted by atomic mass is 10.0. The van der Waals surface area contributed by atoms with Gasteiger partial charge >= 0.3 is 0 Å². The van der Waals surface area contributed by atoms with E-state index >= 15 is 0 Å². The zero-order valence-electron chi connectivity index (χ0n) is 9.43. The van der Waals surface area contributed by atoms with Crippen molar-refractivity contribution >= 4 is 0 Å². The summed E-state index contributed by atoms with van der Waals surface area (Å²) in [5.41, 5.74) is 5.51. The SMILES string of the molecule is NCCc1ncc(C2C3C4CCC(C4)C23)o1. The average molecular weight is 218 g/mol. The number of fused-ring (bicyclic) bond motifs is 5. The Morgan fingerprint density at radius 2 is 2.06 bits per heavy atom. The topological polar surface area (TPSA) is 52.0 Å². The predicted octanol–water partition coefficient (Wildman–Crippen LogP) is 1.94. The third kappa shape index (κ3) is 1.10. The molecule has 4 unspecified atom stereocenters. The fourth-order valence-electron chi connectivity index (χ4n) is 4.42. The minimum absolute atomic E-state index is 0.628. The third-order valence-electron chi connectivity index (χ3n) is 4.99. The molecule has 3 saturated carbocycles. The highest BCUT2D eigenvalue weighted by molar-refractivity contribution is 5.25. The number of hydrogen-bond donors (Lipinski definition) is 1. The Bertz CT molecular complexity index is 398. The van der Waals surface area contributed by atoms with E-state index in [0.29, 0.717) is 12.5 Å². The molecule has 86 valence electrons. The second kappa shape index (κ2) is 3.10. The molecule has 2 N–H and O–H groups in total. The van der Waals surface area contributed by atoms with E-state index in [-0.39, 0.29) is 0 Å². The van der Waals surface area contributed by atoms with Crippen molar-refractivity contribution < 1.29 is 4.42 Å². The number of nitrogens with two attached hydrogens (primary N) is 1. The summed E-state index contributed by atoms with van der Waals surface area (Å²) < 4.78 is 5.82. The molecule has 3 aliphatic carbocycles. The maximum Gasteiger partial charge on any atom is 0.195 e. The van der Waals surface area contributed by atoms with Gasteiger partial charge < -0.3 is 10.2 Å². The van der Waals surface area contributed by atoms with Gasteiger partial charge in [-0.1, -0.05) is 0 Å². The van der Waals surface area contributed by atoms with Gasteiger partial charge in [0.05, 0.1) is 6.20 Å². The number of hydrogen-bond acceptors (Lipinski definition) is 3. The van der Waals surface area contributed by atoms with E-state index in [4.69, 9.17) is 10.2 Å². The number of oxazole rings is 1. The zero-order valence-corrected chi connectivity index (χ0v) is 9.43. The summed E-state index contributed by atoms with van der Waals surface area (Å²) in [7, 11) is 0. The molecule has 0 aliphatic heterocycles. The van der Waals surface area contributed by atoms with E-state index in [1.54, 1.807) is 0 Å². The average Bonchev–Trinajstić information content (AvgIpc) is 2.73. The van der Waals surface area contributed by atoms with Crippen LogP contribution in [0, 0.1) is 23.7 Å². The van der Waals surface area contributed by atoms with Gasteiger partial charge in [0.15, 0.2) is 5.89 Å². The van der Waals surface area contributed by atoms with Gasteiger partial charge in [0, 0.05) is 18.9 Å². The summed E-state index contributed by atoms with van der Waals surface area (Å²) in [6, 6.07) is 0. The standard InChI is InChI=1S/C13H18N2O/c14-4-3-10-15-6-9(16-10)13-11-7-1-2-8(5-7)12(11)13/h6-8,11-13H,1-5,14H2. The highest BCUT2D eigenvalue weighted by atomic mass is 16.4. The van der Waals surface area contributed by atoms with Crippen LogP contribution < -0.4 is 5.73 Å². The fraction of sp³-hybridized carbons (Fsp3) is 0.769. The first-order valence-corrected chi connectivity index (χ1v) is 6.53. The fourth-order valence-corrected chi connectivity index (χ4v) is 4.42. The van der Waals surface area contributed by atoms with Gasteiger partial charge in [-0.15, -0.1) is 0 Å². The summed E-state index contributed by atoms with van der Waals surface area (Å²) in [4.78, 5) is 4.32. The molecule has 0 amide bonds. The Labute approximate surface area is 95.4 Å². The summed E-state index contributed by atoms with van der Waals surface area (Å²) in [5, 5.41) is 0. The van der Waals surface area contributed by atoms with Gasteiger partial charge in [-0.3, -0.25) is 0 Å².